The third-order valence-electron chi connectivity index (χ3n) is 10.6. The summed E-state index contributed by atoms with van der Waals surface area (Å²) in [6.07, 6.45) is 31.8. The highest BCUT2D eigenvalue weighted by Gasteiger charge is 2.44. The molecule has 0 aromatic rings. The van der Waals surface area contributed by atoms with Gasteiger partial charge in [0.1, 0.15) is 24.4 Å². The van der Waals surface area contributed by atoms with Crippen LogP contribution in [0.4, 0.5) is 0 Å². The van der Waals surface area contributed by atoms with E-state index in [4.69, 9.17) is 9.47 Å². The smallest absolute Gasteiger partial charge is 0.220 e. The molecule has 7 unspecified atom stereocenters. The van der Waals surface area contributed by atoms with Crippen LogP contribution in [0.2, 0.25) is 0 Å². The van der Waals surface area contributed by atoms with Crippen molar-refractivity contribution in [2.75, 3.05) is 13.2 Å². The Morgan fingerprint density at radius 1 is 0.635 bits per heavy atom. The summed E-state index contributed by atoms with van der Waals surface area (Å²) in [6.45, 7) is 3.66. The van der Waals surface area contributed by atoms with Gasteiger partial charge in [-0.15, -0.1) is 0 Å². The van der Waals surface area contributed by atoms with E-state index in [1.807, 2.05) is 6.08 Å². The molecule has 1 rings (SSSR count). The first-order chi connectivity index (χ1) is 25.3. The van der Waals surface area contributed by atoms with Gasteiger partial charge in [-0.1, -0.05) is 187 Å². The van der Waals surface area contributed by atoms with Gasteiger partial charge in [0.2, 0.25) is 5.91 Å². The Bertz CT molecular complexity index is 827. The van der Waals surface area contributed by atoms with Crippen molar-refractivity contribution in [2.24, 2.45) is 0 Å². The second-order valence-corrected chi connectivity index (χ2v) is 15.5. The van der Waals surface area contributed by atoms with Gasteiger partial charge in [0, 0.05) is 6.42 Å². The minimum atomic E-state index is -1.56. The standard InChI is InChI=1S/C43H83NO8/c1-3-5-7-9-10-11-12-13-14-15-16-17-18-19-20-21-22-23-24-25-26-27-29-31-33-39(47)44-36(37(46)32-30-28-8-6-4-2)35-51-43-42(50)41(49)40(48)38(34-45)52-43/h30,32,36-38,40-43,45-46,48-50H,3-29,31,33-35H2,1-2H3,(H,44,47)/b32-30+. The molecule has 1 saturated heterocycles. The quantitative estimate of drug-likeness (QED) is 0.0277. The topological polar surface area (TPSA) is 149 Å². The van der Waals surface area contributed by atoms with Gasteiger partial charge in [-0.25, -0.2) is 0 Å². The van der Waals surface area contributed by atoms with E-state index in [-0.39, 0.29) is 12.5 Å². The summed E-state index contributed by atoms with van der Waals surface area (Å²) in [5.41, 5.74) is 0. The average molecular weight is 742 g/mol. The van der Waals surface area contributed by atoms with Gasteiger partial charge in [-0.05, 0) is 19.3 Å². The number of ether oxygens (including phenoxy) is 2. The molecule has 0 aromatic carbocycles. The lowest BCUT2D eigenvalue weighted by Gasteiger charge is -2.40. The summed E-state index contributed by atoms with van der Waals surface area (Å²) in [7, 11) is 0. The van der Waals surface area contributed by atoms with Crippen molar-refractivity contribution in [3.8, 4) is 0 Å². The molecule has 52 heavy (non-hydrogen) atoms. The molecule has 0 saturated carbocycles. The third-order valence-corrected chi connectivity index (χ3v) is 10.6. The molecule has 0 radical (unpaired) electrons. The second-order valence-electron chi connectivity index (χ2n) is 15.5. The maximum Gasteiger partial charge on any atom is 0.220 e. The zero-order valence-corrected chi connectivity index (χ0v) is 33.6. The van der Waals surface area contributed by atoms with E-state index in [1.165, 1.54) is 135 Å². The lowest BCUT2D eigenvalue weighted by Crippen LogP contribution is -2.60. The van der Waals surface area contributed by atoms with Crippen LogP contribution in [0.1, 0.15) is 200 Å². The van der Waals surface area contributed by atoms with E-state index in [0.29, 0.717) is 6.42 Å². The van der Waals surface area contributed by atoms with Crippen LogP contribution >= 0.6 is 0 Å². The molecule has 9 heteroatoms. The largest absolute Gasteiger partial charge is 0.394 e. The molecule has 1 aliphatic rings. The number of rotatable bonds is 36. The van der Waals surface area contributed by atoms with Gasteiger partial charge in [0.05, 0.1) is 25.4 Å². The van der Waals surface area contributed by atoms with Crippen molar-refractivity contribution >= 4 is 5.91 Å². The molecule has 0 aliphatic carbocycles. The van der Waals surface area contributed by atoms with Crippen molar-refractivity contribution in [2.45, 2.75) is 243 Å². The van der Waals surface area contributed by atoms with Crippen LogP contribution in [0.3, 0.4) is 0 Å². The molecule has 1 aliphatic heterocycles. The highest BCUT2D eigenvalue weighted by Crippen LogP contribution is 2.22. The molecular weight excluding hydrogens is 658 g/mol. The monoisotopic (exact) mass is 742 g/mol. The highest BCUT2D eigenvalue weighted by atomic mass is 16.7. The Labute approximate surface area is 318 Å². The van der Waals surface area contributed by atoms with Gasteiger partial charge in [0.25, 0.3) is 0 Å². The van der Waals surface area contributed by atoms with Crippen LogP contribution in [0.15, 0.2) is 12.2 Å². The van der Waals surface area contributed by atoms with Gasteiger partial charge in [0.15, 0.2) is 6.29 Å². The summed E-state index contributed by atoms with van der Waals surface area (Å²) in [5, 5.41) is 53.6. The van der Waals surface area contributed by atoms with E-state index in [2.05, 4.69) is 19.2 Å². The maximum atomic E-state index is 12.8. The maximum absolute atomic E-state index is 12.8. The van der Waals surface area contributed by atoms with Crippen LogP contribution in [-0.4, -0.2) is 87.5 Å². The Kier molecular flexibility index (Phi) is 32.4. The van der Waals surface area contributed by atoms with Gasteiger partial charge in [-0.3, -0.25) is 4.79 Å². The van der Waals surface area contributed by atoms with E-state index >= 15 is 0 Å². The first-order valence-electron chi connectivity index (χ1n) is 21.9. The van der Waals surface area contributed by atoms with Crippen LogP contribution in [0.5, 0.6) is 0 Å². The van der Waals surface area contributed by atoms with Crippen LogP contribution < -0.4 is 5.32 Å². The van der Waals surface area contributed by atoms with Crippen LogP contribution in [0.25, 0.3) is 0 Å². The number of hydrogen-bond acceptors (Lipinski definition) is 8. The Balaban J connectivity index is 2.12. The summed E-state index contributed by atoms with van der Waals surface area (Å²) in [4.78, 5) is 12.8. The average Bonchev–Trinajstić information content (AvgIpc) is 3.14. The number of unbranched alkanes of at least 4 members (excludes halogenated alkanes) is 26. The number of aliphatic hydroxyl groups is 5. The Hall–Kier alpha value is -1.07. The number of amides is 1. The molecule has 7 atom stereocenters. The molecule has 6 N–H and O–H groups in total. The minimum absolute atomic E-state index is 0.181. The minimum Gasteiger partial charge on any atom is -0.394 e. The third kappa shape index (κ3) is 25.1. The fourth-order valence-electron chi connectivity index (χ4n) is 7.04. The van der Waals surface area contributed by atoms with Crippen molar-refractivity contribution < 1.29 is 39.8 Å². The Morgan fingerprint density at radius 2 is 1.06 bits per heavy atom. The summed E-state index contributed by atoms with van der Waals surface area (Å²) < 4.78 is 11.1. The summed E-state index contributed by atoms with van der Waals surface area (Å²) in [5.74, 6) is -0.181. The molecule has 0 aromatic heterocycles. The zero-order valence-electron chi connectivity index (χ0n) is 33.6. The molecule has 0 bridgehead atoms. The van der Waals surface area contributed by atoms with Gasteiger partial charge < -0.3 is 40.3 Å². The van der Waals surface area contributed by atoms with E-state index in [9.17, 15) is 30.3 Å². The van der Waals surface area contributed by atoms with Crippen LogP contribution in [-0.2, 0) is 14.3 Å². The predicted molar refractivity (Wildman–Crippen MR) is 212 cm³/mol. The normalized spacial score (nSPS) is 21.9. The number of carbonyl (C=O) groups is 1. The first-order valence-corrected chi connectivity index (χ1v) is 21.9. The molecule has 0 spiro atoms. The number of allylic oxidation sites excluding steroid dienone is 1. The lowest BCUT2D eigenvalue weighted by atomic mass is 9.99. The number of aliphatic hydroxyl groups excluding tert-OH is 5. The van der Waals surface area contributed by atoms with E-state index in [1.54, 1.807) is 6.08 Å². The number of hydrogen-bond donors (Lipinski definition) is 6. The zero-order chi connectivity index (χ0) is 38.1. The predicted octanol–water partition coefficient (Wildman–Crippen LogP) is 8.56. The van der Waals surface area contributed by atoms with E-state index in [0.717, 1.165) is 44.9 Å². The first kappa shape index (κ1) is 48.9. The van der Waals surface area contributed by atoms with Crippen molar-refractivity contribution in [1.29, 1.82) is 0 Å². The summed E-state index contributed by atoms with van der Waals surface area (Å²) >= 11 is 0. The molecule has 308 valence electrons. The second kappa shape index (κ2) is 34.4. The van der Waals surface area contributed by atoms with Crippen LogP contribution in [0, 0.1) is 0 Å². The summed E-state index contributed by atoms with van der Waals surface area (Å²) in [6, 6.07) is -0.795. The number of carbonyl (C=O) groups excluding carboxylic acids is 1. The van der Waals surface area contributed by atoms with Gasteiger partial charge >= 0.3 is 0 Å². The van der Waals surface area contributed by atoms with Gasteiger partial charge in [-0.2, -0.15) is 0 Å². The fraction of sp³-hybridized carbons (Fsp3) is 0.930. The Morgan fingerprint density at radius 3 is 1.50 bits per heavy atom. The number of nitrogens with one attached hydrogen (secondary N) is 1. The molecule has 9 nitrogen and oxygen atoms in total. The fourth-order valence-corrected chi connectivity index (χ4v) is 7.04. The molecule has 1 fully saturated rings. The molecule has 1 amide bonds. The molecular formula is C43H83NO8. The molecule has 1 heterocycles. The van der Waals surface area contributed by atoms with E-state index < -0.39 is 49.5 Å². The van der Waals surface area contributed by atoms with Crippen molar-refractivity contribution in [3.63, 3.8) is 0 Å². The lowest BCUT2D eigenvalue weighted by molar-refractivity contribution is -0.302. The SMILES string of the molecule is CCCCC/C=C/C(O)C(COC1OC(CO)C(O)C(O)C1O)NC(=O)CCCCCCCCCCCCCCCCCCCCCCCCCC. The van der Waals surface area contributed by atoms with Crippen molar-refractivity contribution in [3.05, 3.63) is 12.2 Å². The van der Waals surface area contributed by atoms with Crippen molar-refractivity contribution in [1.82, 2.24) is 5.32 Å². The highest BCUT2D eigenvalue weighted by molar-refractivity contribution is 5.76.